The normalized spacial score (nSPS) is 10.4. The van der Waals surface area contributed by atoms with E-state index in [2.05, 4.69) is 15.0 Å². The van der Waals surface area contributed by atoms with Crippen LogP contribution in [0.25, 0.3) is 22.6 Å². The maximum absolute atomic E-state index is 5.96. The van der Waals surface area contributed by atoms with Crippen molar-refractivity contribution in [1.82, 2.24) is 15.0 Å². The predicted octanol–water partition coefficient (Wildman–Crippen LogP) is 2.37. The van der Waals surface area contributed by atoms with Crippen molar-refractivity contribution in [2.45, 2.75) is 0 Å². The van der Waals surface area contributed by atoms with E-state index in [1.54, 1.807) is 36.8 Å². The number of rotatable bonds is 2. The van der Waals surface area contributed by atoms with Crippen LogP contribution in [-0.4, -0.2) is 15.0 Å². The summed E-state index contributed by atoms with van der Waals surface area (Å²) in [5.74, 6) is 0.559. The summed E-state index contributed by atoms with van der Waals surface area (Å²) in [4.78, 5) is 12.8. The Balaban J connectivity index is 2.10. The van der Waals surface area contributed by atoms with E-state index in [4.69, 9.17) is 11.5 Å². The highest BCUT2D eigenvalue weighted by atomic mass is 14.9. The Kier molecular flexibility index (Phi) is 3.01. The summed E-state index contributed by atoms with van der Waals surface area (Å²) >= 11 is 0. The van der Waals surface area contributed by atoms with Crippen LogP contribution in [0.1, 0.15) is 0 Å². The van der Waals surface area contributed by atoms with Crippen molar-refractivity contribution in [3.8, 4) is 22.6 Å². The third-order valence-corrected chi connectivity index (χ3v) is 2.95. The lowest BCUT2D eigenvalue weighted by Gasteiger charge is -2.07. The van der Waals surface area contributed by atoms with Gasteiger partial charge < -0.3 is 11.5 Å². The van der Waals surface area contributed by atoms with Gasteiger partial charge in [-0.2, -0.15) is 0 Å². The fourth-order valence-electron chi connectivity index (χ4n) is 1.94. The third kappa shape index (κ3) is 2.29. The molecule has 0 fully saturated rings. The minimum absolute atomic E-state index is 0.559. The third-order valence-electron chi connectivity index (χ3n) is 2.95. The molecule has 0 spiro atoms. The molecule has 0 aliphatic carbocycles. The summed E-state index contributed by atoms with van der Waals surface area (Å²) < 4.78 is 0. The Morgan fingerprint density at radius 3 is 2.45 bits per heavy atom. The summed E-state index contributed by atoms with van der Waals surface area (Å²) in [6.07, 6.45) is 5.17. The first-order chi connectivity index (χ1) is 9.74. The summed E-state index contributed by atoms with van der Waals surface area (Å²) in [6, 6.07) is 10.9. The smallest absolute Gasteiger partial charge is 0.161 e. The zero-order valence-corrected chi connectivity index (χ0v) is 10.7. The van der Waals surface area contributed by atoms with Gasteiger partial charge in [-0.25, -0.2) is 9.97 Å². The quantitative estimate of drug-likeness (QED) is 0.693. The minimum atomic E-state index is 0.559. The van der Waals surface area contributed by atoms with Crippen LogP contribution >= 0.6 is 0 Å². The van der Waals surface area contributed by atoms with Crippen molar-refractivity contribution in [1.29, 1.82) is 0 Å². The molecular formula is C15H13N5. The maximum Gasteiger partial charge on any atom is 0.161 e. The highest BCUT2D eigenvalue weighted by Crippen LogP contribution is 2.26. The summed E-state index contributed by atoms with van der Waals surface area (Å²) in [5, 5.41) is 0. The van der Waals surface area contributed by atoms with Crippen LogP contribution in [0, 0.1) is 0 Å². The highest BCUT2D eigenvalue weighted by Gasteiger charge is 2.08. The molecule has 98 valence electrons. The lowest BCUT2D eigenvalue weighted by Crippen LogP contribution is -1.97. The van der Waals surface area contributed by atoms with E-state index in [0.29, 0.717) is 17.2 Å². The number of pyridine rings is 1. The molecule has 1 aromatic carbocycles. The number of hydrogen-bond acceptors (Lipinski definition) is 5. The van der Waals surface area contributed by atoms with Crippen molar-refractivity contribution in [3.05, 3.63) is 55.0 Å². The summed E-state index contributed by atoms with van der Waals surface area (Å²) in [6.45, 7) is 0. The van der Waals surface area contributed by atoms with Crippen molar-refractivity contribution in [3.63, 3.8) is 0 Å². The average molecular weight is 263 g/mol. The van der Waals surface area contributed by atoms with Crippen molar-refractivity contribution in [2.24, 2.45) is 0 Å². The molecule has 0 saturated carbocycles. The first-order valence-electron chi connectivity index (χ1n) is 6.13. The number of benzene rings is 1. The first kappa shape index (κ1) is 12.1. The molecule has 3 rings (SSSR count). The van der Waals surface area contributed by atoms with Gasteiger partial charge in [-0.05, 0) is 36.4 Å². The van der Waals surface area contributed by atoms with Gasteiger partial charge in [0.15, 0.2) is 5.82 Å². The Bertz CT molecular complexity index is 740. The van der Waals surface area contributed by atoms with Crippen LogP contribution in [0.15, 0.2) is 55.0 Å². The topological polar surface area (TPSA) is 90.7 Å². The van der Waals surface area contributed by atoms with Gasteiger partial charge in [0.1, 0.15) is 0 Å². The van der Waals surface area contributed by atoms with E-state index in [9.17, 15) is 0 Å². The molecule has 0 aliphatic heterocycles. The molecule has 3 aromatic rings. The molecular weight excluding hydrogens is 250 g/mol. The number of nitrogen functional groups attached to an aromatic ring is 2. The van der Waals surface area contributed by atoms with E-state index in [0.717, 1.165) is 16.8 Å². The lowest BCUT2D eigenvalue weighted by atomic mass is 10.1. The standard InChI is InChI=1S/C15H13N5/c16-11-1-2-13(17)12(9-11)15-19-8-5-14(20-15)10-3-6-18-7-4-10/h1-9H,16-17H2. The zero-order chi connectivity index (χ0) is 13.9. The molecule has 5 heteroatoms. The van der Waals surface area contributed by atoms with E-state index >= 15 is 0 Å². The highest BCUT2D eigenvalue weighted by molar-refractivity contribution is 5.76. The van der Waals surface area contributed by atoms with Crippen molar-refractivity contribution >= 4 is 11.4 Å². The molecule has 0 radical (unpaired) electrons. The molecule has 0 bridgehead atoms. The SMILES string of the molecule is Nc1ccc(N)c(-c2nccc(-c3ccncc3)n2)c1. The molecule has 4 N–H and O–H groups in total. The monoisotopic (exact) mass is 263 g/mol. The van der Waals surface area contributed by atoms with E-state index < -0.39 is 0 Å². The molecule has 2 aromatic heterocycles. The van der Waals surface area contributed by atoms with E-state index in [1.165, 1.54) is 0 Å². The molecule has 20 heavy (non-hydrogen) atoms. The lowest BCUT2D eigenvalue weighted by molar-refractivity contribution is 1.18. The summed E-state index contributed by atoms with van der Waals surface area (Å²) in [7, 11) is 0. The van der Waals surface area contributed by atoms with Gasteiger partial charge in [0.2, 0.25) is 0 Å². The van der Waals surface area contributed by atoms with Gasteiger partial charge in [0.05, 0.1) is 5.69 Å². The Morgan fingerprint density at radius 2 is 1.65 bits per heavy atom. The van der Waals surface area contributed by atoms with Gasteiger partial charge in [-0.15, -0.1) is 0 Å². The second-order valence-corrected chi connectivity index (χ2v) is 4.35. The summed E-state index contributed by atoms with van der Waals surface area (Å²) in [5.41, 5.74) is 15.5. The van der Waals surface area contributed by atoms with Crippen LogP contribution < -0.4 is 11.5 Å². The van der Waals surface area contributed by atoms with Crippen LogP contribution in [0.2, 0.25) is 0 Å². The van der Waals surface area contributed by atoms with Crippen molar-refractivity contribution < 1.29 is 0 Å². The van der Waals surface area contributed by atoms with Gasteiger partial charge in [0, 0.05) is 41.1 Å². The fourth-order valence-corrected chi connectivity index (χ4v) is 1.94. The van der Waals surface area contributed by atoms with Crippen LogP contribution in [0.5, 0.6) is 0 Å². The number of nitrogens with zero attached hydrogens (tertiary/aromatic N) is 3. The van der Waals surface area contributed by atoms with Gasteiger partial charge in [-0.1, -0.05) is 0 Å². The second kappa shape index (κ2) is 4.97. The van der Waals surface area contributed by atoms with Crippen LogP contribution in [0.4, 0.5) is 11.4 Å². The Hall–Kier alpha value is -2.95. The predicted molar refractivity (Wildman–Crippen MR) is 79.5 cm³/mol. The molecule has 0 atom stereocenters. The maximum atomic E-state index is 5.96. The van der Waals surface area contributed by atoms with E-state index in [-0.39, 0.29) is 0 Å². The van der Waals surface area contributed by atoms with Gasteiger partial charge >= 0.3 is 0 Å². The van der Waals surface area contributed by atoms with Gasteiger partial charge in [-0.3, -0.25) is 4.98 Å². The Labute approximate surface area is 116 Å². The van der Waals surface area contributed by atoms with Crippen molar-refractivity contribution in [2.75, 3.05) is 11.5 Å². The molecule has 0 saturated heterocycles. The number of anilines is 2. The molecule has 5 nitrogen and oxygen atoms in total. The average Bonchev–Trinajstić information content (AvgIpc) is 2.51. The molecule has 0 unspecified atom stereocenters. The number of aromatic nitrogens is 3. The molecule has 0 amide bonds. The first-order valence-corrected chi connectivity index (χ1v) is 6.13. The number of hydrogen-bond donors (Lipinski definition) is 2. The Morgan fingerprint density at radius 1 is 0.850 bits per heavy atom. The largest absolute Gasteiger partial charge is 0.399 e. The second-order valence-electron chi connectivity index (χ2n) is 4.35. The van der Waals surface area contributed by atoms with Gasteiger partial charge in [0.25, 0.3) is 0 Å². The van der Waals surface area contributed by atoms with Crippen LogP contribution in [0.3, 0.4) is 0 Å². The number of nitrogens with two attached hydrogens (primary N) is 2. The minimum Gasteiger partial charge on any atom is -0.399 e. The van der Waals surface area contributed by atoms with E-state index in [1.807, 2.05) is 18.2 Å². The van der Waals surface area contributed by atoms with Crippen LogP contribution in [-0.2, 0) is 0 Å². The molecule has 2 heterocycles. The zero-order valence-electron chi connectivity index (χ0n) is 10.7. The molecule has 0 aliphatic rings. The fraction of sp³-hybridized carbons (Fsp3) is 0.